The highest BCUT2D eigenvalue weighted by atomic mass is 16.3. The van der Waals surface area contributed by atoms with E-state index in [0.29, 0.717) is 6.04 Å². The third-order valence-electron chi connectivity index (χ3n) is 1.96. The Balaban J connectivity index is 3.75. The van der Waals surface area contributed by atoms with Gasteiger partial charge in [-0.1, -0.05) is 13.0 Å². The Kier molecular flexibility index (Phi) is 6.18. The van der Waals surface area contributed by atoms with Gasteiger partial charge in [-0.3, -0.25) is 4.90 Å². The first-order chi connectivity index (χ1) is 5.26. The van der Waals surface area contributed by atoms with Gasteiger partial charge in [0, 0.05) is 19.1 Å². The Morgan fingerprint density at radius 3 is 2.64 bits per heavy atom. The van der Waals surface area contributed by atoms with Crippen molar-refractivity contribution in [1.29, 1.82) is 0 Å². The van der Waals surface area contributed by atoms with E-state index in [4.69, 9.17) is 5.11 Å². The van der Waals surface area contributed by atoms with Crippen molar-refractivity contribution >= 4 is 0 Å². The van der Waals surface area contributed by atoms with Crippen molar-refractivity contribution < 1.29 is 5.11 Å². The molecule has 0 heterocycles. The van der Waals surface area contributed by atoms with E-state index in [1.54, 1.807) is 0 Å². The van der Waals surface area contributed by atoms with Crippen LogP contribution in [0.25, 0.3) is 0 Å². The number of aliphatic hydroxyl groups excluding tert-OH is 1. The van der Waals surface area contributed by atoms with Gasteiger partial charge >= 0.3 is 0 Å². The van der Waals surface area contributed by atoms with Gasteiger partial charge in [0.05, 0.1) is 6.61 Å². The second-order valence-corrected chi connectivity index (χ2v) is 2.76. The molecule has 0 amide bonds. The minimum absolute atomic E-state index is 0.234. The number of hydrogen-bond acceptors (Lipinski definition) is 2. The minimum Gasteiger partial charge on any atom is -0.395 e. The van der Waals surface area contributed by atoms with Crippen LogP contribution in [0.4, 0.5) is 0 Å². The summed E-state index contributed by atoms with van der Waals surface area (Å²) in [7, 11) is 0. The van der Waals surface area contributed by atoms with Crippen LogP contribution in [0.3, 0.4) is 0 Å². The number of aliphatic hydroxyl groups is 1. The van der Waals surface area contributed by atoms with Crippen molar-refractivity contribution in [2.45, 2.75) is 26.3 Å². The maximum Gasteiger partial charge on any atom is 0.0558 e. The van der Waals surface area contributed by atoms with Crippen LogP contribution in [-0.4, -0.2) is 35.7 Å². The Morgan fingerprint density at radius 2 is 2.27 bits per heavy atom. The smallest absolute Gasteiger partial charge is 0.0558 e. The monoisotopic (exact) mass is 157 g/mol. The molecule has 2 nitrogen and oxygen atoms in total. The van der Waals surface area contributed by atoms with E-state index in [-0.39, 0.29) is 6.61 Å². The molecule has 11 heavy (non-hydrogen) atoms. The van der Waals surface area contributed by atoms with Crippen LogP contribution in [0.1, 0.15) is 20.3 Å². The third kappa shape index (κ3) is 4.17. The lowest BCUT2D eigenvalue weighted by Crippen LogP contribution is -2.35. The standard InChI is InChI=1S/C9H19NO/c1-4-6-10(7-8-11)9(3)5-2/h4,9,11H,1,5-8H2,2-3H3. The molecule has 0 bridgehead atoms. The summed E-state index contributed by atoms with van der Waals surface area (Å²) in [5.41, 5.74) is 0. The maximum atomic E-state index is 8.73. The number of rotatable bonds is 6. The second-order valence-electron chi connectivity index (χ2n) is 2.76. The van der Waals surface area contributed by atoms with Crippen molar-refractivity contribution in [3.63, 3.8) is 0 Å². The molecule has 0 aromatic rings. The molecule has 0 rings (SSSR count). The van der Waals surface area contributed by atoms with Crippen LogP contribution < -0.4 is 0 Å². The first-order valence-corrected chi connectivity index (χ1v) is 4.22. The lowest BCUT2D eigenvalue weighted by Gasteiger charge is -2.25. The van der Waals surface area contributed by atoms with Crippen LogP contribution in [0.5, 0.6) is 0 Å². The second kappa shape index (κ2) is 6.38. The molecular formula is C9H19NO. The lowest BCUT2D eigenvalue weighted by molar-refractivity contribution is 0.169. The molecule has 0 saturated carbocycles. The SMILES string of the molecule is C=CCN(CCO)C(C)CC. The van der Waals surface area contributed by atoms with E-state index in [0.717, 1.165) is 19.5 Å². The zero-order valence-electron chi connectivity index (χ0n) is 7.58. The maximum absolute atomic E-state index is 8.73. The Hall–Kier alpha value is -0.340. The largest absolute Gasteiger partial charge is 0.395 e. The van der Waals surface area contributed by atoms with E-state index in [1.807, 2.05) is 6.08 Å². The number of nitrogens with zero attached hydrogens (tertiary/aromatic N) is 1. The molecule has 0 saturated heterocycles. The summed E-state index contributed by atoms with van der Waals surface area (Å²) in [4.78, 5) is 2.22. The zero-order chi connectivity index (χ0) is 8.69. The van der Waals surface area contributed by atoms with Gasteiger partial charge in [-0.05, 0) is 13.3 Å². The Morgan fingerprint density at radius 1 is 1.64 bits per heavy atom. The first-order valence-electron chi connectivity index (χ1n) is 4.22. The van der Waals surface area contributed by atoms with E-state index in [1.165, 1.54) is 0 Å². The molecule has 0 spiro atoms. The van der Waals surface area contributed by atoms with Gasteiger partial charge in [0.25, 0.3) is 0 Å². The summed E-state index contributed by atoms with van der Waals surface area (Å²) >= 11 is 0. The van der Waals surface area contributed by atoms with Gasteiger partial charge in [0.15, 0.2) is 0 Å². The van der Waals surface area contributed by atoms with Gasteiger partial charge in [0.1, 0.15) is 0 Å². The van der Waals surface area contributed by atoms with Crippen LogP contribution >= 0.6 is 0 Å². The summed E-state index contributed by atoms with van der Waals surface area (Å²) < 4.78 is 0. The van der Waals surface area contributed by atoms with Crippen molar-refractivity contribution in [2.24, 2.45) is 0 Å². The summed E-state index contributed by atoms with van der Waals surface area (Å²) in [5.74, 6) is 0. The van der Waals surface area contributed by atoms with Gasteiger partial charge in [-0.15, -0.1) is 6.58 Å². The quantitative estimate of drug-likeness (QED) is 0.587. The van der Waals surface area contributed by atoms with E-state index >= 15 is 0 Å². The van der Waals surface area contributed by atoms with Gasteiger partial charge in [-0.25, -0.2) is 0 Å². The third-order valence-corrected chi connectivity index (χ3v) is 1.96. The predicted molar refractivity (Wildman–Crippen MR) is 48.6 cm³/mol. The first kappa shape index (κ1) is 10.7. The molecule has 0 aromatic carbocycles. The molecule has 1 unspecified atom stereocenters. The summed E-state index contributed by atoms with van der Waals surface area (Å²) in [6.07, 6.45) is 3.00. The van der Waals surface area contributed by atoms with Crippen molar-refractivity contribution in [1.82, 2.24) is 4.90 Å². The lowest BCUT2D eigenvalue weighted by atomic mass is 10.2. The molecule has 0 aliphatic heterocycles. The van der Waals surface area contributed by atoms with Crippen LogP contribution in [0.2, 0.25) is 0 Å². The molecule has 1 atom stereocenters. The van der Waals surface area contributed by atoms with Gasteiger partial charge < -0.3 is 5.11 Å². The Labute approximate surface area is 69.5 Å². The molecular weight excluding hydrogens is 138 g/mol. The average molecular weight is 157 g/mol. The predicted octanol–water partition coefficient (Wildman–Crippen LogP) is 1.27. The normalized spacial score (nSPS) is 13.5. The topological polar surface area (TPSA) is 23.5 Å². The van der Waals surface area contributed by atoms with E-state index in [2.05, 4.69) is 25.3 Å². The zero-order valence-corrected chi connectivity index (χ0v) is 7.58. The van der Waals surface area contributed by atoms with Gasteiger partial charge in [-0.2, -0.15) is 0 Å². The summed E-state index contributed by atoms with van der Waals surface area (Å²) in [6, 6.07) is 0.542. The van der Waals surface area contributed by atoms with Crippen LogP contribution in [0.15, 0.2) is 12.7 Å². The molecule has 0 aliphatic carbocycles. The fourth-order valence-electron chi connectivity index (χ4n) is 1.04. The van der Waals surface area contributed by atoms with Gasteiger partial charge in [0.2, 0.25) is 0 Å². The number of hydrogen-bond donors (Lipinski definition) is 1. The van der Waals surface area contributed by atoms with Crippen molar-refractivity contribution in [3.05, 3.63) is 12.7 Å². The van der Waals surface area contributed by atoms with Crippen LogP contribution in [-0.2, 0) is 0 Å². The molecule has 66 valence electrons. The van der Waals surface area contributed by atoms with Crippen molar-refractivity contribution in [2.75, 3.05) is 19.7 Å². The molecule has 1 N–H and O–H groups in total. The average Bonchev–Trinajstić information content (AvgIpc) is 2.03. The highest BCUT2D eigenvalue weighted by Gasteiger charge is 2.08. The fourth-order valence-corrected chi connectivity index (χ4v) is 1.04. The molecule has 0 radical (unpaired) electrons. The van der Waals surface area contributed by atoms with E-state index < -0.39 is 0 Å². The highest BCUT2D eigenvalue weighted by molar-refractivity contribution is 4.76. The molecule has 0 fully saturated rings. The molecule has 0 aliphatic rings. The summed E-state index contributed by atoms with van der Waals surface area (Å²) in [6.45, 7) is 9.85. The molecule has 0 aromatic heterocycles. The molecule has 2 heteroatoms. The summed E-state index contributed by atoms with van der Waals surface area (Å²) in [5, 5.41) is 8.73. The minimum atomic E-state index is 0.234. The highest BCUT2D eigenvalue weighted by Crippen LogP contribution is 2.01. The van der Waals surface area contributed by atoms with Crippen LogP contribution in [0, 0.1) is 0 Å². The fraction of sp³-hybridized carbons (Fsp3) is 0.778. The van der Waals surface area contributed by atoms with E-state index in [9.17, 15) is 0 Å². The van der Waals surface area contributed by atoms with Crippen molar-refractivity contribution in [3.8, 4) is 0 Å². The Bertz CT molecular complexity index is 104.